The maximum absolute atomic E-state index is 12.9. The molecule has 13 nitrogen and oxygen atoms in total. The first-order valence-corrected chi connectivity index (χ1v) is 17.2. The number of nitrogens with one attached hydrogen (secondary N) is 3. The molecule has 1 saturated heterocycles. The Morgan fingerprint density at radius 1 is 1.10 bits per heavy atom. The standard InChI is InChI=1S/C36H48N8O5/c1-23-15-24(2)44(42-23)31-17-27(16-30(19-31)40-34(47)20-39-33(46)7-3-6-32(37)45)28(18-35(48)49)22-43-14-12-25(21-43)8-10-29-11-9-26-5-4-13-38-36(26)41-29/h9,11,15-17,19,25,28H,3-8,10,12-14,18,20-22H2,1-2H3,(H2,37,45)(H,38,41)(H,39,46)(H,40,47)(H,48,49)/t25-,28-/m1/s1. The molecule has 0 spiro atoms. The van der Waals surface area contributed by atoms with E-state index in [2.05, 4.69) is 38.1 Å². The second-order valence-electron chi connectivity index (χ2n) is 13.4. The number of amides is 3. The van der Waals surface area contributed by atoms with Crippen molar-refractivity contribution in [3.8, 4) is 5.69 Å². The predicted molar refractivity (Wildman–Crippen MR) is 187 cm³/mol. The van der Waals surface area contributed by atoms with Crippen LogP contribution in [0.3, 0.4) is 0 Å². The number of aromatic nitrogens is 3. The van der Waals surface area contributed by atoms with Crippen LogP contribution in [0, 0.1) is 19.8 Å². The highest BCUT2D eigenvalue weighted by molar-refractivity contribution is 5.95. The van der Waals surface area contributed by atoms with Gasteiger partial charge in [0.25, 0.3) is 0 Å². The van der Waals surface area contributed by atoms with Gasteiger partial charge < -0.3 is 31.7 Å². The summed E-state index contributed by atoms with van der Waals surface area (Å²) in [6.45, 7) is 6.90. The quantitative estimate of drug-likeness (QED) is 0.152. The Bertz CT molecular complexity index is 1670. The number of carbonyl (C=O) groups is 4. The zero-order valence-electron chi connectivity index (χ0n) is 28.5. The third-order valence-corrected chi connectivity index (χ3v) is 9.25. The highest BCUT2D eigenvalue weighted by Gasteiger charge is 2.27. The molecule has 13 heteroatoms. The number of fused-ring (bicyclic) bond motifs is 1. The average Bonchev–Trinajstić information content (AvgIpc) is 3.66. The summed E-state index contributed by atoms with van der Waals surface area (Å²) in [5.41, 5.74) is 11.2. The maximum Gasteiger partial charge on any atom is 0.304 e. The van der Waals surface area contributed by atoms with Crippen molar-refractivity contribution in [2.45, 2.75) is 77.6 Å². The van der Waals surface area contributed by atoms with Gasteiger partial charge in [0.2, 0.25) is 17.7 Å². The number of anilines is 2. The minimum absolute atomic E-state index is 0.0669. The highest BCUT2D eigenvalue weighted by Crippen LogP contribution is 2.31. The van der Waals surface area contributed by atoms with E-state index in [9.17, 15) is 24.3 Å². The zero-order chi connectivity index (χ0) is 34.9. The van der Waals surface area contributed by atoms with Crippen LogP contribution in [-0.4, -0.2) is 81.2 Å². The topological polar surface area (TPSA) is 185 Å². The molecular weight excluding hydrogens is 624 g/mol. The van der Waals surface area contributed by atoms with Crippen molar-refractivity contribution in [1.82, 2.24) is 25.0 Å². The molecule has 1 fully saturated rings. The zero-order valence-corrected chi connectivity index (χ0v) is 28.5. The predicted octanol–water partition coefficient (Wildman–Crippen LogP) is 3.47. The fraction of sp³-hybridized carbons (Fsp3) is 0.500. The number of likely N-dealkylation sites (tertiary alicyclic amines) is 1. The molecule has 3 aromatic rings. The van der Waals surface area contributed by atoms with E-state index < -0.39 is 17.8 Å². The summed E-state index contributed by atoms with van der Waals surface area (Å²) in [6.07, 6.45) is 5.62. The summed E-state index contributed by atoms with van der Waals surface area (Å²) in [6, 6.07) is 11.9. The minimum atomic E-state index is -0.894. The second-order valence-corrected chi connectivity index (χ2v) is 13.4. The van der Waals surface area contributed by atoms with E-state index in [1.165, 1.54) is 5.56 Å². The molecule has 4 heterocycles. The van der Waals surface area contributed by atoms with Crippen molar-refractivity contribution < 1.29 is 24.3 Å². The molecule has 0 bridgehead atoms. The van der Waals surface area contributed by atoms with E-state index in [0.717, 1.165) is 80.2 Å². The highest BCUT2D eigenvalue weighted by atomic mass is 16.4. The van der Waals surface area contributed by atoms with Crippen LogP contribution < -0.4 is 21.7 Å². The van der Waals surface area contributed by atoms with Gasteiger partial charge in [-0.15, -0.1) is 0 Å². The molecule has 0 aliphatic carbocycles. The summed E-state index contributed by atoms with van der Waals surface area (Å²) in [5.74, 6) is -0.968. The number of carboxylic acid groups (broad SMARTS) is 1. The van der Waals surface area contributed by atoms with E-state index in [4.69, 9.17) is 10.7 Å². The minimum Gasteiger partial charge on any atom is -0.481 e. The number of hydrogen-bond donors (Lipinski definition) is 5. The lowest BCUT2D eigenvalue weighted by Crippen LogP contribution is -2.33. The van der Waals surface area contributed by atoms with E-state index in [1.807, 2.05) is 32.0 Å². The fourth-order valence-electron chi connectivity index (χ4n) is 6.84. The van der Waals surface area contributed by atoms with Gasteiger partial charge in [-0.05, 0) is 106 Å². The summed E-state index contributed by atoms with van der Waals surface area (Å²) < 4.78 is 1.78. The lowest BCUT2D eigenvalue weighted by atomic mass is 9.93. The van der Waals surface area contributed by atoms with Gasteiger partial charge >= 0.3 is 5.97 Å². The Morgan fingerprint density at radius 3 is 2.69 bits per heavy atom. The molecule has 6 N–H and O–H groups in total. The van der Waals surface area contributed by atoms with Crippen molar-refractivity contribution in [2.24, 2.45) is 11.7 Å². The molecule has 49 heavy (non-hydrogen) atoms. The molecule has 262 valence electrons. The first-order chi connectivity index (χ1) is 23.5. The number of carbonyl (C=O) groups excluding carboxylic acids is 3. The van der Waals surface area contributed by atoms with Gasteiger partial charge in [0, 0.05) is 55.5 Å². The van der Waals surface area contributed by atoms with Gasteiger partial charge in [-0.3, -0.25) is 19.2 Å². The lowest BCUT2D eigenvalue weighted by molar-refractivity contribution is -0.137. The molecule has 0 unspecified atom stereocenters. The molecule has 0 radical (unpaired) electrons. The van der Waals surface area contributed by atoms with Gasteiger partial charge in [-0.2, -0.15) is 5.10 Å². The van der Waals surface area contributed by atoms with E-state index in [1.54, 1.807) is 10.7 Å². The first kappa shape index (κ1) is 35.5. The van der Waals surface area contributed by atoms with Crippen molar-refractivity contribution >= 4 is 35.2 Å². The third kappa shape index (κ3) is 10.4. The first-order valence-electron chi connectivity index (χ1n) is 17.2. The Labute approximate surface area is 287 Å². The molecule has 2 aliphatic rings. The van der Waals surface area contributed by atoms with E-state index >= 15 is 0 Å². The van der Waals surface area contributed by atoms with E-state index in [0.29, 0.717) is 30.3 Å². The second kappa shape index (κ2) is 16.6. The SMILES string of the molecule is Cc1cc(C)n(-c2cc(NC(=O)CNC(=O)CCCC(N)=O)cc([C@H](CC(=O)O)CN3CC[C@@H](CCc4ccc5c(n4)NCCC5)C3)c2)n1. The van der Waals surface area contributed by atoms with Crippen LogP contribution in [0.4, 0.5) is 11.5 Å². The van der Waals surface area contributed by atoms with Gasteiger partial charge in [-0.1, -0.05) is 6.07 Å². The number of benzene rings is 1. The molecule has 3 amide bonds. The molecule has 2 aromatic heterocycles. The van der Waals surface area contributed by atoms with Crippen molar-refractivity contribution in [3.05, 3.63) is 64.6 Å². The van der Waals surface area contributed by atoms with Crippen molar-refractivity contribution in [2.75, 3.05) is 43.4 Å². The third-order valence-electron chi connectivity index (χ3n) is 9.25. The fourth-order valence-corrected chi connectivity index (χ4v) is 6.84. The number of hydrogen-bond acceptors (Lipinski definition) is 8. The Kier molecular flexibility index (Phi) is 12.0. The summed E-state index contributed by atoms with van der Waals surface area (Å²) in [5, 5.41) is 23.4. The molecule has 5 rings (SSSR count). The number of carboxylic acids is 1. The average molecular weight is 673 g/mol. The molecule has 1 aromatic carbocycles. The number of aliphatic carboxylic acids is 1. The Balaban J connectivity index is 1.26. The van der Waals surface area contributed by atoms with E-state index in [-0.39, 0.29) is 37.6 Å². The molecular formula is C36H48N8O5. The summed E-state index contributed by atoms with van der Waals surface area (Å²) >= 11 is 0. The Morgan fingerprint density at radius 2 is 1.94 bits per heavy atom. The summed E-state index contributed by atoms with van der Waals surface area (Å²) in [4.78, 5) is 55.3. The van der Waals surface area contributed by atoms with Gasteiger partial charge in [0.05, 0.1) is 24.3 Å². The number of nitrogens with zero attached hydrogens (tertiary/aromatic N) is 4. The number of pyridine rings is 1. The molecule has 2 atom stereocenters. The number of rotatable bonds is 16. The van der Waals surface area contributed by atoms with Crippen LogP contribution >= 0.6 is 0 Å². The Hall–Kier alpha value is -4.78. The largest absolute Gasteiger partial charge is 0.481 e. The maximum atomic E-state index is 12.9. The normalized spacial score (nSPS) is 16.4. The van der Waals surface area contributed by atoms with Crippen LogP contribution in [0.5, 0.6) is 0 Å². The molecule has 2 aliphatic heterocycles. The lowest BCUT2D eigenvalue weighted by Gasteiger charge is -2.24. The molecule has 0 saturated carbocycles. The van der Waals surface area contributed by atoms with Gasteiger partial charge in [0.15, 0.2) is 0 Å². The number of aryl methyl sites for hydroxylation is 4. The monoisotopic (exact) mass is 672 g/mol. The van der Waals surface area contributed by atoms with Crippen LogP contribution in [0.15, 0.2) is 36.4 Å². The number of primary amides is 1. The van der Waals surface area contributed by atoms with Gasteiger partial charge in [0.1, 0.15) is 5.82 Å². The van der Waals surface area contributed by atoms with Crippen molar-refractivity contribution in [1.29, 1.82) is 0 Å². The van der Waals surface area contributed by atoms with Gasteiger partial charge in [-0.25, -0.2) is 9.67 Å². The smallest absolute Gasteiger partial charge is 0.304 e. The van der Waals surface area contributed by atoms with Crippen LogP contribution in [0.1, 0.15) is 79.1 Å². The summed E-state index contributed by atoms with van der Waals surface area (Å²) in [7, 11) is 0. The number of nitrogens with two attached hydrogens (primary N) is 1. The van der Waals surface area contributed by atoms with Crippen LogP contribution in [-0.2, 0) is 32.0 Å². The van der Waals surface area contributed by atoms with Crippen LogP contribution in [0.25, 0.3) is 5.69 Å². The van der Waals surface area contributed by atoms with Crippen molar-refractivity contribution in [3.63, 3.8) is 0 Å². The van der Waals surface area contributed by atoms with Crippen LogP contribution in [0.2, 0.25) is 0 Å².